The molecule has 1 fully saturated rings. The quantitative estimate of drug-likeness (QED) is 0.667. The molecule has 1 N–H and O–H groups in total. The van der Waals surface area contributed by atoms with Crippen molar-refractivity contribution in [3.8, 4) is 0 Å². The van der Waals surface area contributed by atoms with Crippen LogP contribution < -0.4 is 5.32 Å². The number of nitrogens with zero attached hydrogens (tertiary/aromatic N) is 1. The lowest BCUT2D eigenvalue weighted by Gasteiger charge is -2.18. The third-order valence-corrected chi connectivity index (χ3v) is 4.22. The molecule has 2 atom stereocenters. The average molecular weight is 256 g/mol. The van der Waals surface area contributed by atoms with Crippen LogP contribution in [-0.4, -0.2) is 22.0 Å². The first kappa shape index (κ1) is 12.2. The van der Waals surface area contributed by atoms with Gasteiger partial charge in [0.05, 0.1) is 4.92 Å². The van der Waals surface area contributed by atoms with Gasteiger partial charge in [0, 0.05) is 17.4 Å². The van der Waals surface area contributed by atoms with Crippen LogP contribution in [0.2, 0.25) is 0 Å². The van der Waals surface area contributed by atoms with Crippen LogP contribution in [0, 0.1) is 15.9 Å². The predicted molar refractivity (Wildman–Crippen MR) is 67.0 cm³/mol. The normalized spacial score (nSPS) is 23.6. The summed E-state index contributed by atoms with van der Waals surface area (Å²) in [5.74, 6) is 0.435. The van der Waals surface area contributed by atoms with Crippen molar-refractivity contribution >= 4 is 23.1 Å². The van der Waals surface area contributed by atoms with E-state index in [9.17, 15) is 14.5 Å². The second-order valence-electron chi connectivity index (χ2n) is 4.01. The Morgan fingerprint density at radius 3 is 2.94 bits per heavy atom. The number of rotatable bonds is 3. The third-order valence-electron chi connectivity index (χ3n) is 2.89. The van der Waals surface area contributed by atoms with Gasteiger partial charge in [0.1, 0.15) is 5.69 Å². The van der Waals surface area contributed by atoms with Crippen LogP contribution in [0.25, 0.3) is 0 Å². The van der Waals surface area contributed by atoms with Crippen LogP contribution in [0.1, 0.15) is 13.3 Å². The molecule has 1 aromatic rings. The Morgan fingerprint density at radius 2 is 2.35 bits per heavy atom. The summed E-state index contributed by atoms with van der Waals surface area (Å²) in [5, 5.41) is 14.1. The van der Waals surface area contributed by atoms with Crippen LogP contribution in [0.5, 0.6) is 0 Å². The minimum absolute atomic E-state index is 0.0110. The molecule has 1 aliphatic rings. The Hall–Kier alpha value is -1.30. The Kier molecular flexibility index (Phi) is 3.51. The molecule has 1 heterocycles. The highest BCUT2D eigenvalue weighted by Crippen LogP contribution is 2.33. The SMILES string of the molecule is CC1SCCC1Nc1c(F)cccc1[N+](=O)[O-]. The molecule has 2 rings (SSSR count). The molecule has 0 spiro atoms. The molecule has 0 aromatic heterocycles. The first-order valence-corrected chi connectivity index (χ1v) is 6.45. The van der Waals surface area contributed by atoms with Gasteiger partial charge in [-0.2, -0.15) is 11.8 Å². The van der Waals surface area contributed by atoms with E-state index in [-0.39, 0.29) is 17.4 Å². The Morgan fingerprint density at radius 1 is 1.59 bits per heavy atom. The van der Waals surface area contributed by atoms with Gasteiger partial charge in [0.15, 0.2) is 5.82 Å². The Balaban J connectivity index is 2.27. The summed E-state index contributed by atoms with van der Waals surface area (Å²) in [6.45, 7) is 2.04. The van der Waals surface area contributed by atoms with Crippen LogP contribution >= 0.6 is 11.8 Å². The Labute approximate surface area is 103 Å². The maximum atomic E-state index is 13.6. The zero-order valence-electron chi connectivity index (χ0n) is 9.35. The number of anilines is 1. The first-order valence-electron chi connectivity index (χ1n) is 5.40. The summed E-state index contributed by atoms with van der Waals surface area (Å²) >= 11 is 1.79. The van der Waals surface area contributed by atoms with Gasteiger partial charge in [-0.05, 0) is 18.2 Å². The van der Waals surface area contributed by atoms with Crippen LogP contribution in [0.3, 0.4) is 0 Å². The van der Waals surface area contributed by atoms with E-state index in [1.807, 2.05) is 6.92 Å². The van der Waals surface area contributed by atoms with E-state index < -0.39 is 10.7 Å². The van der Waals surface area contributed by atoms with Gasteiger partial charge >= 0.3 is 0 Å². The fourth-order valence-corrected chi connectivity index (χ4v) is 3.11. The number of benzene rings is 1. The van der Waals surface area contributed by atoms with E-state index in [1.165, 1.54) is 18.2 Å². The minimum atomic E-state index is -0.566. The van der Waals surface area contributed by atoms with Crippen molar-refractivity contribution in [2.75, 3.05) is 11.1 Å². The van der Waals surface area contributed by atoms with Gasteiger partial charge in [-0.1, -0.05) is 13.0 Å². The molecule has 1 aromatic carbocycles. The van der Waals surface area contributed by atoms with E-state index in [2.05, 4.69) is 5.32 Å². The molecule has 4 nitrogen and oxygen atoms in total. The van der Waals surface area contributed by atoms with E-state index in [0.717, 1.165) is 12.2 Å². The highest BCUT2D eigenvalue weighted by atomic mass is 32.2. The Bertz CT molecular complexity index is 441. The zero-order chi connectivity index (χ0) is 12.4. The van der Waals surface area contributed by atoms with Gasteiger partial charge in [0.25, 0.3) is 5.69 Å². The lowest BCUT2D eigenvalue weighted by atomic mass is 10.1. The average Bonchev–Trinajstić information content (AvgIpc) is 2.67. The number of hydrogen-bond donors (Lipinski definition) is 1. The minimum Gasteiger partial charge on any atom is -0.373 e. The van der Waals surface area contributed by atoms with E-state index in [0.29, 0.717) is 5.25 Å². The molecule has 0 bridgehead atoms. The van der Waals surface area contributed by atoms with Crippen molar-refractivity contribution in [2.45, 2.75) is 24.6 Å². The van der Waals surface area contributed by atoms with E-state index >= 15 is 0 Å². The monoisotopic (exact) mass is 256 g/mol. The summed E-state index contributed by atoms with van der Waals surface area (Å²) in [6.07, 6.45) is 0.900. The van der Waals surface area contributed by atoms with Gasteiger partial charge < -0.3 is 5.32 Å². The smallest absolute Gasteiger partial charge is 0.295 e. The number of para-hydroxylation sites is 1. The van der Waals surface area contributed by atoms with Crippen molar-refractivity contribution in [1.82, 2.24) is 0 Å². The van der Waals surface area contributed by atoms with E-state index in [1.54, 1.807) is 11.8 Å². The second-order valence-corrected chi connectivity index (χ2v) is 5.49. The van der Waals surface area contributed by atoms with Crippen LogP contribution in [0.4, 0.5) is 15.8 Å². The molecular formula is C11H13FN2O2S. The maximum Gasteiger partial charge on any atom is 0.295 e. The van der Waals surface area contributed by atoms with Gasteiger partial charge in [-0.3, -0.25) is 10.1 Å². The van der Waals surface area contributed by atoms with Crippen molar-refractivity contribution in [2.24, 2.45) is 0 Å². The van der Waals surface area contributed by atoms with Crippen molar-refractivity contribution in [3.63, 3.8) is 0 Å². The second kappa shape index (κ2) is 4.91. The number of nitro benzene ring substituents is 1. The lowest BCUT2D eigenvalue weighted by molar-refractivity contribution is -0.384. The van der Waals surface area contributed by atoms with Crippen molar-refractivity contribution < 1.29 is 9.31 Å². The highest BCUT2D eigenvalue weighted by Gasteiger charge is 2.27. The van der Waals surface area contributed by atoms with Crippen molar-refractivity contribution in [3.05, 3.63) is 34.1 Å². The maximum absolute atomic E-state index is 13.6. The number of nitro groups is 1. The van der Waals surface area contributed by atoms with E-state index in [4.69, 9.17) is 0 Å². The molecule has 1 saturated heterocycles. The molecule has 1 aliphatic heterocycles. The fraction of sp³-hybridized carbons (Fsp3) is 0.455. The summed E-state index contributed by atoms with van der Waals surface area (Å²) in [5.41, 5.74) is -0.189. The molecule has 17 heavy (non-hydrogen) atoms. The standard InChI is InChI=1S/C11H13FN2O2S/c1-7-9(5-6-17-7)13-11-8(12)3-2-4-10(11)14(15)16/h2-4,7,9,13H,5-6H2,1H3. The number of hydrogen-bond acceptors (Lipinski definition) is 4. The zero-order valence-corrected chi connectivity index (χ0v) is 10.2. The number of halogens is 1. The van der Waals surface area contributed by atoms with Crippen LogP contribution in [0.15, 0.2) is 18.2 Å². The van der Waals surface area contributed by atoms with Crippen LogP contribution in [-0.2, 0) is 0 Å². The molecular weight excluding hydrogens is 243 g/mol. The van der Waals surface area contributed by atoms with Gasteiger partial charge in [-0.25, -0.2) is 4.39 Å². The van der Waals surface area contributed by atoms with Gasteiger partial charge in [0.2, 0.25) is 0 Å². The van der Waals surface area contributed by atoms with Gasteiger partial charge in [-0.15, -0.1) is 0 Å². The lowest BCUT2D eigenvalue weighted by Crippen LogP contribution is -2.25. The number of nitrogens with one attached hydrogen (secondary N) is 1. The molecule has 0 saturated carbocycles. The highest BCUT2D eigenvalue weighted by molar-refractivity contribution is 8.00. The molecule has 92 valence electrons. The van der Waals surface area contributed by atoms with Crippen molar-refractivity contribution in [1.29, 1.82) is 0 Å². The topological polar surface area (TPSA) is 55.2 Å². The summed E-state index contributed by atoms with van der Waals surface area (Å²) in [7, 11) is 0. The third kappa shape index (κ3) is 2.52. The largest absolute Gasteiger partial charge is 0.373 e. The molecule has 0 aliphatic carbocycles. The molecule has 2 unspecified atom stereocenters. The summed E-state index contributed by atoms with van der Waals surface area (Å²) < 4.78 is 13.6. The molecule has 0 radical (unpaired) electrons. The molecule has 0 amide bonds. The fourth-order valence-electron chi connectivity index (χ4n) is 1.91. The summed E-state index contributed by atoms with van der Waals surface area (Å²) in [6, 6.07) is 4.00. The number of thioether (sulfide) groups is 1. The first-order chi connectivity index (χ1) is 8.09. The molecule has 6 heteroatoms. The summed E-state index contributed by atoms with van der Waals surface area (Å²) in [4.78, 5) is 10.3. The predicted octanol–water partition coefficient (Wildman–Crippen LogP) is 3.04.